The number of methoxy groups -OCH3 is 1. The summed E-state index contributed by atoms with van der Waals surface area (Å²) in [6.07, 6.45) is 0.171. The summed E-state index contributed by atoms with van der Waals surface area (Å²) in [5.74, 6) is 1.60. The number of aliphatic hydroxyl groups excluding tert-OH is 1. The van der Waals surface area contributed by atoms with E-state index in [9.17, 15) is 5.11 Å². The summed E-state index contributed by atoms with van der Waals surface area (Å²) in [5.41, 5.74) is 3.04. The minimum absolute atomic E-state index is 0.193. The molecule has 152 valence electrons. The van der Waals surface area contributed by atoms with Crippen LogP contribution in [0.2, 0.25) is 0 Å². The lowest BCUT2D eigenvalue weighted by molar-refractivity contribution is 0.163. The fourth-order valence-electron chi connectivity index (χ4n) is 3.32. The second-order valence-electron chi connectivity index (χ2n) is 7.15. The predicted octanol–water partition coefficient (Wildman–Crippen LogP) is 4.53. The molecular weight excluding hydrogens is 362 g/mol. The first kappa shape index (κ1) is 20.9. The number of rotatable bonds is 10. The van der Waals surface area contributed by atoms with Gasteiger partial charge in [-0.15, -0.1) is 0 Å². The number of nitrogens with one attached hydrogen (secondary N) is 1. The molecule has 0 aliphatic carbocycles. The Balaban J connectivity index is 1.57. The smallest absolute Gasteiger partial charge is 0.125 e. The van der Waals surface area contributed by atoms with Crippen LogP contribution in [0.15, 0.2) is 78.9 Å². The van der Waals surface area contributed by atoms with Crippen LogP contribution in [0.1, 0.15) is 29.7 Å². The Kier molecular flexibility index (Phi) is 7.68. The zero-order valence-electron chi connectivity index (χ0n) is 17.0. The molecule has 4 nitrogen and oxygen atoms in total. The molecule has 0 saturated heterocycles. The standard InChI is InChI=1S/C25H29NO3/c1-19(16-21-12-6-8-14-24(21)28-2)26-17-23(27)22-13-7-9-15-25(22)29-18-20-10-4-3-5-11-20/h3-15,19,23,26-27H,16-18H2,1-2H3/t19?,23-/m0/s1. The third-order valence-corrected chi connectivity index (χ3v) is 4.89. The number of para-hydroxylation sites is 2. The Bertz CT molecular complexity index is 882. The molecule has 0 saturated carbocycles. The van der Waals surface area contributed by atoms with Gasteiger partial charge < -0.3 is 19.9 Å². The highest BCUT2D eigenvalue weighted by molar-refractivity contribution is 5.36. The molecule has 0 radical (unpaired) electrons. The van der Waals surface area contributed by atoms with Gasteiger partial charge in [0.05, 0.1) is 13.2 Å². The van der Waals surface area contributed by atoms with Crippen molar-refractivity contribution in [1.82, 2.24) is 5.32 Å². The highest BCUT2D eigenvalue weighted by atomic mass is 16.5. The van der Waals surface area contributed by atoms with E-state index in [1.807, 2.05) is 72.8 Å². The molecule has 3 aromatic carbocycles. The molecule has 4 heteroatoms. The minimum atomic E-state index is -0.651. The van der Waals surface area contributed by atoms with E-state index in [0.29, 0.717) is 18.9 Å². The van der Waals surface area contributed by atoms with Crippen LogP contribution in [0.25, 0.3) is 0 Å². The maximum atomic E-state index is 10.7. The Morgan fingerprint density at radius 2 is 1.52 bits per heavy atom. The zero-order valence-corrected chi connectivity index (χ0v) is 17.0. The van der Waals surface area contributed by atoms with Gasteiger partial charge in [-0.05, 0) is 36.6 Å². The molecule has 0 aliphatic rings. The van der Waals surface area contributed by atoms with Gasteiger partial charge in [-0.1, -0.05) is 66.7 Å². The van der Waals surface area contributed by atoms with Crippen molar-refractivity contribution in [2.24, 2.45) is 0 Å². The molecule has 0 spiro atoms. The number of benzene rings is 3. The lowest BCUT2D eigenvalue weighted by atomic mass is 10.0. The van der Waals surface area contributed by atoms with Gasteiger partial charge in [0.25, 0.3) is 0 Å². The van der Waals surface area contributed by atoms with Crippen LogP contribution in [-0.4, -0.2) is 24.8 Å². The first-order valence-corrected chi connectivity index (χ1v) is 9.96. The van der Waals surface area contributed by atoms with E-state index < -0.39 is 6.10 Å². The average Bonchev–Trinajstić information content (AvgIpc) is 2.77. The van der Waals surface area contributed by atoms with Crippen molar-refractivity contribution in [2.75, 3.05) is 13.7 Å². The van der Waals surface area contributed by atoms with Crippen LogP contribution in [0, 0.1) is 0 Å². The van der Waals surface area contributed by atoms with Gasteiger partial charge in [-0.25, -0.2) is 0 Å². The van der Waals surface area contributed by atoms with Crippen molar-refractivity contribution in [2.45, 2.75) is 32.1 Å². The quantitative estimate of drug-likeness (QED) is 0.533. The molecule has 3 rings (SSSR count). The number of aliphatic hydroxyl groups is 1. The van der Waals surface area contributed by atoms with Crippen LogP contribution in [0.3, 0.4) is 0 Å². The Morgan fingerprint density at radius 1 is 0.862 bits per heavy atom. The van der Waals surface area contributed by atoms with Crippen molar-refractivity contribution < 1.29 is 14.6 Å². The first-order valence-electron chi connectivity index (χ1n) is 9.96. The van der Waals surface area contributed by atoms with E-state index in [-0.39, 0.29) is 6.04 Å². The molecule has 2 atom stereocenters. The fraction of sp³-hybridized carbons (Fsp3) is 0.280. The van der Waals surface area contributed by atoms with Gasteiger partial charge in [-0.2, -0.15) is 0 Å². The maximum Gasteiger partial charge on any atom is 0.125 e. The molecule has 0 aromatic heterocycles. The molecule has 0 bridgehead atoms. The van der Waals surface area contributed by atoms with E-state index in [1.165, 1.54) is 0 Å². The molecule has 0 heterocycles. The fourth-order valence-corrected chi connectivity index (χ4v) is 3.32. The number of hydrogen-bond acceptors (Lipinski definition) is 4. The summed E-state index contributed by atoms with van der Waals surface area (Å²) in [6.45, 7) is 3.03. The highest BCUT2D eigenvalue weighted by Crippen LogP contribution is 2.26. The third kappa shape index (κ3) is 6.08. The SMILES string of the molecule is COc1ccccc1CC(C)NC[C@H](O)c1ccccc1OCc1ccccc1. The second-order valence-corrected chi connectivity index (χ2v) is 7.15. The number of hydrogen-bond donors (Lipinski definition) is 2. The summed E-state index contributed by atoms with van der Waals surface area (Å²) < 4.78 is 11.4. The number of ether oxygens (including phenoxy) is 2. The monoisotopic (exact) mass is 391 g/mol. The Morgan fingerprint density at radius 3 is 2.28 bits per heavy atom. The summed E-state index contributed by atoms with van der Waals surface area (Å²) in [7, 11) is 1.69. The van der Waals surface area contributed by atoms with Crippen LogP contribution < -0.4 is 14.8 Å². The molecule has 1 unspecified atom stereocenters. The molecule has 29 heavy (non-hydrogen) atoms. The summed E-state index contributed by atoms with van der Waals surface area (Å²) in [5, 5.41) is 14.2. The van der Waals surface area contributed by atoms with Crippen molar-refractivity contribution in [1.29, 1.82) is 0 Å². The summed E-state index contributed by atoms with van der Waals surface area (Å²) in [4.78, 5) is 0. The molecule has 0 aliphatic heterocycles. The van der Waals surface area contributed by atoms with E-state index >= 15 is 0 Å². The second kappa shape index (κ2) is 10.6. The summed E-state index contributed by atoms with van der Waals surface area (Å²) >= 11 is 0. The van der Waals surface area contributed by atoms with Crippen LogP contribution in [0.4, 0.5) is 0 Å². The zero-order chi connectivity index (χ0) is 20.5. The van der Waals surface area contributed by atoms with Gasteiger partial charge in [-0.3, -0.25) is 0 Å². The first-order chi connectivity index (χ1) is 14.2. The van der Waals surface area contributed by atoms with Gasteiger partial charge >= 0.3 is 0 Å². The topological polar surface area (TPSA) is 50.7 Å². The normalized spacial score (nSPS) is 12.9. The molecule has 2 N–H and O–H groups in total. The largest absolute Gasteiger partial charge is 0.496 e. The van der Waals surface area contributed by atoms with Gasteiger partial charge in [0.2, 0.25) is 0 Å². The highest BCUT2D eigenvalue weighted by Gasteiger charge is 2.15. The van der Waals surface area contributed by atoms with E-state index in [2.05, 4.69) is 18.3 Å². The van der Waals surface area contributed by atoms with Gasteiger partial charge in [0, 0.05) is 18.2 Å². The lowest BCUT2D eigenvalue weighted by Gasteiger charge is -2.20. The van der Waals surface area contributed by atoms with Crippen LogP contribution in [-0.2, 0) is 13.0 Å². The van der Waals surface area contributed by atoms with E-state index in [1.54, 1.807) is 7.11 Å². The lowest BCUT2D eigenvalue weighted by Crippen LogP contribution is -2.32. The predicted molar refractivity (Wildman–Crippen MR) is 116 cm³/mol. The average molecular weight is 392 g/mol. The molecular formula is C25H29NO3. The van der Waals surface area contributed by atoms with Crippen LogP contribution >= 0.6 is 0 Å². The van der Waals surface area contributed by atoms with Gasteiger partial charge in [0.1, 0.15) is 18.1 Å². The minimum Gasteiger partial charge on any atom is -0.496 e. The Hall–Kier alpha value is -2.82. The molecule has 0 fully saturated rings. The third-order valence-electron chi connectivity index (χ3n) is 4.89. The van der Waals surface area contributed by atoms with E-state index in [0.717, 1.165) is 28.9 Å². The Labute approximate surface area is 173 Å². The summed E-state index contributed by atoms with van der Waals surface area (Å²) in [6, 6.07) is 25.9. The molecule has 0 amide bonds. The maximum absolute atomic E-state index is 10.7. The van der Waals surface area contributed by atoms with Crippen LogP contribution in [0.5, 0.6) is 11.5 Å². The van der Waals surface area contributed by atoms with Crippen molar-refractivity contribution in [3.63, 3.8) is 0 Å². The van der Waals surface area contributed by atoms with Crippen molar-refractivity contribution in [3.05, 3.63) is 95.6 Å². The molecule has 3 aromatic rings. The van der Waals surface area contributed by atoms with Gasteiger partial charge in [0.15, 0.2) is 0 Å². The van der Waals surface area contributed by atoms with E-state index in [4.69, 9.17) is 9.47 Å². The van der Waals surface area contributed by atoms with Crippen molar-refractivity contribution in [3.8, 4) is 11.5 Å². The van der Waals surface area contributed by atoms with Crippen molar-refractivity contribution >= 4 is 0 Å².